The zero-order chi connectivity index (χ0) is 13.4. The molecule has 3 rings (SSSR count). The molecule has 2 atom stereocenters. The molecule has 2 bridgehead atoms. The third-order valence-electron chi connectivity index (χ3n) is 4.61. The fourth-order valence-corrected chi connectivity index (χ4v) is 3.50. The maximum Gasteiger partial charge on any atom is 0.257 e. The number of carbonyl (C=O) groups is 1. The van der Waals surface area contributed by atoms with E-state index in [0.717, 1.165) is 30.6 Å². The summed E-state index contributed by atoms with van der Waals surface area (Å²) >= 11 is 0. The van der Waals surface area contributed by atoms with Gasteiger partial charge in [0, 0.05) is 31.6 Å². The number of aryl methyl sites for hydroxylation is 1. The Morgan fingerprint density at radius 3 is 2.74 bits per heavy atom. The molecule has 3 heterocycles. The molecule has 1 amide bonds. The predicted molar refractivity (Wildman–Crippen MR) is 73.1 cm³/mol. The lowest BCUT2D eigenvalue weighted by atomic mass is 9.98. The third-order valence-corrected chi connectivity index (χ3v) is 4.61. The van der Waals surface area contributed by atoms with Gasteiger partial charge in [0.05, 0.1) is 11.8 Å². The number of carbonyl (C=O) groups excluding carboxylic acids is 1. The molecule has 2 saturated heterocycles. The van der Waals surface area contributed by atoms with Gasteiger partial charge in [-0.2, -0.15) is 0 Å². The first kappa shape index (κ1) is 12.7. The fraction of sp³-hybridized carbons (Fsp3) is 0.667. The van der Waals surface area contributed by atoms with Crippen LogP contribution in [0.3, 0.4) is 0 Å². The second kappa shape index (κ2) is 5.00. The number of nitrogens with one attached hydrogen (secondary N) is 1. The average Bonchev–Trinajstić information content (AvgIpc) is 3.03. The zero-order valence-electron chi connectivity index (χ0n) is 11.7. The van der Waals surface area contributed by atoms with Gasteiger partial charge in [-0.25, -0.2) is 0 Å². The van der Waals surface area contributed by atoms with Gasteiger partial charge in [0.15, 0.2) is 0 Å². The van der Waals surface area contributed by atoms with E-state index in [-0.39, 0.29) is 5.91 Å². The fourth-order valence-electron chi connectivity index (χ4n) is 3.50. The molecular weight excluding hydrogens is 240 g/mol. The van der Waals surface area contributed by atoms with Gasteiger partial charge in [-0.1, -0.05) is 6.92 Å². The monoisotopic (exact) mass is 262 g/mol. The summed E-state index contributed by atoms with van der Waals surface area (Å²) in [5.74, 6) is 0.908. The maximum absolute atomic E-state index is 12.6. The summed E-state index contributed by atoms with van der Waals surface area (Å²) in [7, 11) is 1.93. The highest BCUT2D eigenvalue weighted by Gasteiger charge is 2.36. The highest BCUT2D eigenvalue weighted by molar-refractivity contribution is 5.95. The Balaban J connectivity index is 1.73. The van der Waals surface area contributed by atoms with Gasteiger partial charge in [-0.05, 0) is 31.7 Å². The van der Waals surface area contributed by atoms with Crippen LogP contribution in [0.1, 0.15) is 48.7 Å². The summed E-state index contributed by atoms with van der Waals surface area (Å²) in [5.41, 5.74) is 0.732. The van der Waals surface area contributed by atoms with Crippen molar-refractivity contribution in [3.63, 3.8) is 0 Å². The number of furan rings is 1. The Labute approximate surface area is 114 Å². The van der Waals surface area contributed by atoms with E-state index in [1.165, 1.54) is 12.8 Å². The third kappa shape index (κ3) is 2.29. The summed E-state index contributed by atoms with van der Waals surface area (Å²) in [5, 5.41) is 3.61. The molecule has 0 aromatic carbocycles. The number of fused-ring (bicyclic) bond motifs is 2. The number of hydrogen-bond acceptors (Lipinski definition) is 3. The van der Waals surface area contributed by atoms with E-state index >= 15 is 0 Å². The molecule has 0 radical (unpaired) electrons. The standard InChI is InChI=1S/C15H22N2O2/c1-3-14-13(6-7-19-14)15(18)17(2)12-8-10-4-5-11(9-12)16-10/h6-7,10-12,16H,3-5,8-9H2,1-2H3. The molecule has 0 spiro atoms. The summed E-state index contributed by atoms with van der Waals surface area (Å²) in [6.45, 7) is 2.01. The van der Waals surface area contributed by atoms with Crippen LogP contribution >= 0.6 is 0 Å². The molecule has 2 fully saturated rings. The molecule has 0 saturated carbocycles. The summed E-state index contributed by atoms with van der Waals surface area (Å²) in [4.78, 5) is 14.5. The Morgan fingerprint density at radius 1 is 1.42 bits per heavy atom. The smallest absolute Gasteiger partial charge is 0.257 e. The SMILES string of the molecule is CCc1occc1C(=O)N(C)C1CC2CCC(C1)N2. The normalized spacial score (nSPS) is 29.5. The minimum atomic E-state index is 0.108. The average molecular weight is 262 g/mol. The first-order chi connectivity index (χ1) is 9.19. The summed E-state index contributed by atoms with van der Waals surface area (Å²) < 4.78 is 5.37. The van der Waals surface area contributed by atoms with E-state index in [0.29, 0.717) is 18.1 Å². The van der Waals surface area contributed by atoms with E-state index in [1.807, 2.05) is 18.9 Å². The van der Waals surface area contributed by atoms with Crippen LogP contribution in [0.15, 0.2) is 16.7 Å². The van der Waals surface area contributed by atoms with Gasteiger partial charge < -0.3 is 14.6 Å². The van der Waals surface area contributed by atoms with Gasteiger partial charge in [0.25, 0.3) is 5.91 Å². The molecule has 4 heteroatoms. The van der Waals surface area contributed by atoms with Crippen molar-refractivity contribution in [1.82, 2.24) is 10.2 Å². The van der Waals surface area contributed by atoms with Crippen molar-refractivity contribution in [3.8, 4) is 0 Å². The van der Waals surface area contributed by atoms with Crippen molar-refractivity contribution in [1.29, 1.82) is 0 Å². The molecule has 4 nitrogen and oxygen atoms in total. The minimum absolute atomic E-state index is 0.108. The van der Waals surface area contributed by atoms with Crippen LogP contribution in [0.5, 0.6) is 0 Å². The molecule has 1 aromatic rings. The van der Waals surface area contributed by atoms with E-state index < -0.39 is 0 Å². The number of nitrogens with zero attached hydrogens (tertiary/aromatic N) is 1. The molecule has 1 N–H and O–H groups in total. The molecule has 1 aromatic heterocycles. The molecule has 0 aliphatic carbocycles. The van der Waals surface area contributed by atoms with Crippen LogP contribution in [-0.4, -0.2) is 36.0 Å². The van der Waals surface area contributed by atoms with Crippen molar-refractivity contribution in [2.24, 2.45) is 0 Å². The quantitative estimate of drug-likeness (QED) is 0.908. The predicted octanol–water partition coefficient (Wildman–Crippen LogP) is 2.20. The summed E-state index contributed by atoms with van der Waals surface area (Å²) in [6, 6.07) is 3.38. The molecule has 2 aliphatic heterocycles. The van der Waals surface area contributed by atoms with Crippen molar-refractivity contribution in [2.75, 3.05) is 7.05 Å². The second-order valence-electron chi connectivity index (χ2n) is 5.79. The Morgan fingerprint density at radius 2 is 2.11 bits per heavy atom. The minimum Gasteiger partial charge on any atom is -0.469 e. The maximum atomic E-state index is 12.6. The van der Waals surface area contributed by atoms with Crippen LogP contribution in [0.25, 0.3) is 0 Å². The van der Waals surface area contributed by atoms with E-state index in [4.69, 9.17) is 4.42 Å². The van der Waals surface area contributed by atoms with Gasteiger partial charge in [-0.15, -0.1) is 0 Å². The van der Waals surface area contributed by atoms with E-state index in [1.54, 1.807) is 12.3 Å². The van der Waals surface area contributed by atoms with Crippen LogP contribution in [-0.2, 0) is 6.42 Å². The largest absolute Gasteiger partial charge is 0.469 e. The first-order valence-corrected chi connectivity index (χ1v) is 7.28. The van der Waals surface area contributed by atoms with Gasteiger partial charge in [-0.3, -0.25) is 4.79 Å². The zero-order valence-corrected chi connectivity index (χ0v) is 11.7. The number of hydrogen-bond donors (Lipinski definition) is 1. The van der Waals surface area contributed by atoms with E-state index in [9.17, 15) is 4.79 Å². The van der Waals surface area contributed by atoms with Crippen molar-refractivity contribution < 1.29 is 9.21 Å². The Kier molecular flexibility index (Phi) is 3.35. The lowest BCUT2D eigenvalue weighted by Gasteiger charge is -2.35. The molecule has 104 valence electrons. The van der Waals surface area contributed by atoms with Gasteiger partial charge in [0.1, 0.15) is 5.76 Å². The first-order valence-electron chi connectivity index (χ1n) is 7.28. The topological polar surface area (TPSA) is 45.5 Å². The van der Waals surface area contributed by atoms with Crippen molar-refractivity contribution in [3.05, 3.63) is 23.7 Å². The number of amides is 1. The van der Waals surface area contributed by atoms with E-state index in [2.05, 4.69) is 5.32 Å². The molecule has 2 aliphatic rings. The van der Waals surface area contributed by atoms with Crippen LogP contribution in [0.4, 0.5) is 0 Å². The Hall–Kier alpha value is -1.29. The molecular formula is C15H22N2O2. The lowest BCUT2D eigenvalue weighted by Crippen LogP contribution is -2.48. The second-order valence-corrected chi connectivity index (χ2v) is 5.79. The summed E-state index contributed by atoms with van der Waals surface area (Å²) in [6.07, 6.45) is 7.06. The molecule has 2 unspecified atom stereocenters. The van der Waals surface area contributed by atoms with Gasteiger partial charge >= 0.3 is 0 Å². The van der Waals surface area contributed by atoms with Crippen LogP contribution < -0.4 is 5.32 Å². The van der Waals surface area contributed by atoms with Crippen molar-refractivity contribution >= 4 is 5.91 Å². The highest BCUT2D eigenvalue weighted by Crippen LogP contribution is 2.30. The Bertz CT molecular complexity index is 456. The van der Waals surface area contributed by atoms with Crippen LogP contribution in [0.2, 0.25) is 0 Å². The van der Waals surface area contributed by atoms with Crippen LogP contribution in [0, 0.1) is 0 Å². The van der Waals surface area contributed by atoms with Gasteiger partial charge in [0.2, 0.25) is 0 Å². The highest BCUT2D eigenvalue weighted by atomic mass is 16.3. The molecule has 19 heavy (non-hydrogen) atoms. The lowest BCUT2D eigenvalue weighted by molar-refractivity contribution is 0.0679. The number of piperidine rings is 1. The van der Waals surface area contributed by atoms with Crippen molar-refractivity contribution in [2.45, 2.75) is 57.2 Å². The number of rotatable bonds is 3.